The van der Waals surface area contributed by atoms with Crippen LogP contribution >= 0.6 is 11.6 Å². The maximum atomic E-state index is 13.4. The maximum absolute atomic E-state index is 13.4. The van der Waals surface area contributed by atoms with Crippen molar-refractivity contribution in [1.29, 1.82) is 0 Å². The van der Waals surface area contributed by atoms with Gasteiger partial charge in [0.15, 0.2) is 0 Å². The number of hydrogen-bond acceptors (Lipinski definition) is 5. The third-order valence-electron chi connectivity index (χ3n) is 4.40. The standard InChI is InChI=1S/C18H21ClN2O4S/c1-24-16-6-4-3-5-14(16)15-12-20-9-10-21(15)26(22,23)18-11-13(19)7-8-17(18)25-2/h3-8,11,15,20H,9-10,12H2,1-2H3. The molecule has 3 rings (SSSR count). The average molecular weight is 397 g/mol. The highest BCUT2D eigenvalue weighted by Gasteiger charge is 2.37. The van der Waals surface area contributed by atoms with Gasteiger partial charge in [-0.25, -0.2) is 8.42 Å². The van der Waals surface area contributed by atoms with E-state index in [0.717, 1.165) is 5.56 Å². The van der Waals surface area contributed by atoms with Crippen molar-refractivity contribution in [2.45, 2.75) is 10.9 Å². The molecule has 1 fully saturated rings. The minimum Gasteiger partial charge on any atom is -0.496 e. The minimum atomic E-state index is -3.82. The SMILES string of the molecule is COc1ccccc1C1CNCCN1S(=O)(=O)c1cc(Cl)ccc1OC. The Hall–Kier alpha value is -1.80. The molecule has 2 aromatic rings. The summed E-state index contributed by atoms with van der Waals surface area (Å²) in [6.07, 6.45) is 0. The number of hydrogen-bond donors (Lipinski definition) is 1. The summed E-state index contributed by atoms with van der Waals surface area (Å²) in [5.41, 5.74) is 0.812. The molecule has 0 aromatic heterocycles. The fraction of sp³-hybridized carbons (Fsp3) is 0.333. The Bertz CT molecular complexity index is 889. The number of ether oxygens (including phenoxy) is 2. The lowest BCUT2D eigenvalue weighted by atomic mass is 10.0. The highest BCUT2D eigenvalue weighted by atomic mass is 35.5. The van der Waals surface area contributed by atoms with E-state index in [1.807, 2.05) is 24.3 Å². The van der Waals surface area contributed by atoms with Crippen molar-refractivity contribution in [3.05, 3.63) is 53.1 Å². The number of halogens is 1. The van der Waals surface area contributed by atoms with Gasteiger partial charge < -0.3 is 14.8 Å². The Kier molecular flexibility index (Phi) is 5.72. The molecule has 1 aliphatic heterocycles. The van der Waals surface area contributed by atoms with E-state index in [2.05, 4.69) is 5.32 Å². The van der Waals surface area contributed by atoms with Crippen molar-refractivity contribution in [1.82, 2.24) is 9.62 Å². The van der Waals surface area contributed by atoms with Gasteiger partial charge in [-0.3, -0.25) is 0 Å². The molecule has 1 heterocycles. The van der Waals surface area contributed by atoms with Crippen LogP contribution in [0.2, 0.25) is 5.02 Å². The van der Waals surface area contributed by atoms with Gasteiger partial charge in [0.25, 0.3) is 0 Å². The molecule has 0 spiro atoms. The van der Waals surface area contributed by atoms with E-state index in [-0.39, 0.29) is 10.6 Å². The van der Waals surface area contributed by atoms with Crippen LogP contribution in [0.5, 0.6) is 11.5 Å². The molecule has 140 valence electrons. The largest absolute Gasteiger partial charge is 0.496 e. The number of para-hydroxylation sites is 1. The Morgan fingerprint density at radius 2 is 1.85 bits per heavy atom. The number of benzene rings is 2. The van der Waals surface area contributed by atoms with Crippen molar-refractivity contribution >= 4 is 21.6 Å². The van der Waals surface area contributed by atoms with Crippen LogP contribution in [-0.4, -0.2) is 46.6 Å². The highest BCUT2D eigenvalue weighted by molar-refractivity contribution is 7.89. The number of sulfonamides is 1. The summed E-state index contributed by atoms with van der Waals surface area (Å²) in [7, 11) is -0.802. The Morgan fingerprint density at radius 3 is 2.58 bits per heavy atom. The van der Waals surface area contributed by atoms with Crippen LogP contribution in [0.3, 0.4) is 0 Å². The smallest absolute Gasteiger partial charge is 0.247 e. The van der Waals surface area contributed by atoms with Gasteiger partial charge in [-0.2, -0.15) is 4.31 Å². The minimum absolute atomic E-state index is 0.0642. The lowest BCUT2D eigenvalue weighted by Crippen LogP contribution is -2.48. The monoisotopic (exact) mass is 396 g/mol. The van der Waals surface area contributed by atoms with Crippen LogP contribution in [0.1, 0.15) is 11.6 Å². The second kappa shape index (κ2) is 7.84. The van der Waals surface area contributed by atoms with E-state index in [9.17, 15) is 8.42 Å². The Labute approximate surface area is 158 Å². The van der Waals surface area contributed by atoms with Gasteiger partial charge in [-0.1, -0.05) is 29.8 Å². The normalized spacial score (nSPS) is 18.5. The number of nitrogens with one attached hydrogen (secondary N) is 1. The van der Waals surface area contributed by atoms with Crippen molar-refractivity contribution in [2.24, 2.45) is 0 Å². The summed E-state index contributed by atoms with van der Waals surface area (Å²) in [5, 5.41) is 3.60. The van der Waals surface area contributed by atoms with Gasteiger partial charge in [-0.05, 0) is 24.3 Å². The summed E-state index contributed by atoms with van der Waals surface area (Å²) in [6, 6.07) is 11.6. The summed E-state index contributed by atoms with van der Waals surface area (Å²) in [5.74, 6) is 0.922. The molecule has 6 nitrogen and oxygen atoms in total. The van der Waals surface area contributed by atoms with Gasteiger partial charge >= 0.3 is 0 Å². The molecular weight excluding hydrogens is 376 g/mol. The van der Waals surface area contributed by atoms with Crippen molar-refractivity contribution in [3.63, 3.8) is 0 Å². The molecular formula is C18H21ClN2O4S. The number of piperazine rings is 1. The number of nitrogens with zero attached hydrogens (tertiary/aromatic N) is 1. The molecule has 0 radical (unpaired) electrons. The quantitative estimate of drug-likeness (QED) is 0.841. The summed E-state index contributed by atoms with van der Waals surface area (Å²) < 4.78 is 39.0. The van der Waals surface area contributed by atoms with E-state index in [1.54, 1.807) is 19.2 Å². The van der Waals surface area contributed by atoms with Crippen molar-refractivity contribution in [3.8, 4) is 11.5 Å². The van der Waals surface area contributed by atoms with E-state index >= 15 is 0 Å². The zero-order valence-corrected chi connectivity index (χ0v) is 16.2. The van der Waals surface area contributed by atoms with Crippen molar-refractivity contribution < 1.29 is 17.9 Å². The first-order chi connectivity index (χ1) is 12.5. The summed E-state index contributed by atoms with van der Waals surface area (Å²) >= 11 is 6.05. The van der Waals surface area contributed by atoms with Crippen LogP contribution in [0, 0.1) is 0 Å². The lowest BCUT2D eigenvalue weighted by Gasteiger charge is -2.36. The van der Waals surface area contributed by atoms with E-state index in [0.29, 0.717) is 30.4 Å². The summed E-state index contributed by atoms with van der Waals surface area (Å²) in [6.45, 7) is 1.39. The second-order valence-electron chi connectivity index (χ2n) is 5.87. The topological polar surface area (TPSA) is 67.9 Å². The maximum Gasteiger partial charge on any atom is 0.247 e. The first-order valence-electron chi connectivity index (χ1n) is 8.18. The fourth-order valence-electron chi connectivity index (χ4n) is 3.16. The van der Waals surface area contributed by atoms with Gasteiger partial charge in [0, 0.05) is 30.2 Å². The van der Waals surface area contributed by atoms with E-state index in [1.165, 1.54) is 17.5 Å². The van der Waals surface area contributed by atoms with Crippen LogP contribution in [0.4, 0.5) is 0 Å². The Morgan fingerprint density at radius 1 is 1.12 bits per heavy atom. The molecule has 8 heteroatoms. The van der Waals surface area contributed by atoms with Gasteiger partial charge in [0.05, 0.1) is 20.3 Å². The van der Waals surface area contributed by atoms with E-state index in [4.69, 9.17) is 21.1 Å². The molecule has 0 aliphatic carbocycles. The van der Waals surface area contributed by atoms with Crippen LogP contribution in [0.15, 0.2) is 47.4 Å². The third-order valence-corrected chi connectivity index (χ3v) is 6.57. The molecule has 0 bridgehead atoms. The van der Waals surface area contributed by atoms with Gasteiger partial charge in [0.2, 0.25) is 10.0 Å². The van der Waals surface area contributed by atoms with Crippen LogP contribution < -0.4 is 14.8 Å². The average Bonchev–Trinajstić information content (AvgIpc) is 2.68. The predicted molar refractivity (Wildman–Crippen MR) is 101 cm³/mol. The second-order valence-corrected chi connectivity index (χ2v) is 8.17. The fourth-order valence-corrected chi connectivity index (χ4v) is 5.18. The van der Waals surface area contributed by atoms with Crippen LogP contribution in [0.25, 0.3) is 0 Å². The first-order valence-corrected chi connectivity index (χ1v) is 10.00. The van der Waals surface area contributed by atoms with Crippen molar-refractivity contribution in [2.75, 3.05) is 33.9 Å². The van der Waals surface area contributed by atoms with E-state index < -0.39 is 16.1 Å². The van der Waals surface area contributed by atoms with Crippen LogP contribution in [-0.2, 0) is 10.0 Å². The number of methoxy groups -OCH3 is 2. The molecule has 26 heavy (non-hydrogen) atoms. The molecule has 1 saturated heterocycles. The molecule has 0 amide bonds. The zero-order valence-electron chi connectivity index (χ0n) is 14.6. The molecule has 1 N–H and O–H groups in total. The third kappa shape index (κ3) is 3.53. The first kappa shape index (κ1) is 19.0. The lowest BCUT2D eigenvalue weighted by molar-refractivity contribution is 0.263. The highest BCUT2D eigenvalue weighted by Crippen LogP contribution is 2.37. The number of rotatable bonds is 5. The molecule has 1 atom stereocenters. The molecule has 0 saturated carbocycles. The predicted octanol–water partition coefficient (Wildman–Crippen LogP) is 2.69. The molecule has 1 unspecified atom stereocenters. The summed E-state index contributed by atoms with van der Waals surface area (Å²) in [4.78, 5) is 0.0642. The zero-order chi connectivity index (χ0) is 18.7. The van der Waals surface area contributed by atoms with Gasteiger partial charge in [0.1, 0.15) is 16.4 Å². The Balaban J connectivity index is 2.09. The molecule has 2 aromatic carbocycles. The molecule has 1 aliphatic rings. The van der Waals surface area contributed by atoms with Gasteiger partial charge in [-0.15, -0.1) is 0 Å².